The lowest BCUT2D eigenvalue weighted by Gasteiger charge is -2.38. The predicted molar refractivity (Wildman–Crippen MR) is 94.0 cm³/mol. The number of rotatable bonds is 6. The summed E-state index contributed by atoms with van der Waals surface area (Å²) in [4.78, 5) is 6.65. The minimum Gasteiger partial charge on any atom is -0.465 e. The van der Waals surface area contributed by atoms with Crippen LogP contribution in [-0.4, -0.2) is 41.8 Å². The lowest BCUT2D eigenvalue weighted by Crippen LogP contribution is -2.50. The second-order valence-electron chi connectivity index (χ2n) is 7.10. The van der Waals surface area contributed by atoms with Gasteiger partial charge in [-0.2, -0.15) is 0 Å². The minimum absolute atomic E-state index is 0.277. The van der Waals surface area contributed by atoms with Gasteiger partial charge in [0, 0.05) is 30.9 Å². The molecule has 0 bridgehead atoms. The lowest BCUT2D eigenvalue weighted by atomic mass is 10.0. The standard InChI is InChI=1S/C20H26N2O3/c1-15-4-6-18(25-15)12-22-9-10-24-20-17(5-7-19(20)22)14-23-13-16-3-2-8-21-11-16/h2-4,6,8,11,17,19-20H,5,7,9-10,12-14H2,1H3/t17-,19+,20-/m1/s1. The van der Waals surface area contributed by atoms with Crippen LogP contribution in [0.2, 0.25) is 0 Å². The summed E-state index contributed by atoms with van der Waals surface area (Å²) >= 11 is 0. The Balaban J connectivity index is 1.31. The second kappa shape index (κ2) is 7.68. The summed E-state index contributed by atoms with van der Waals surface area (Å²) in [6, 6.07) is 8.60. The van der Waals surface area contributed by atoms with Crippen molar-refractivity contribution in [2.24, 2.45) is 5.92 Å². The molecule has 2 fully saturated rings. The zero-order chi connectivity index (χ0) is 17.1. The number of aryl methyl sites for hydroxylation is 1. The molecule has 2 aromatic heterocycles. The first-order chi connectivity index (χ1) is 12.3. The molecule has 0 aromatic carbocycles. The SMILES string of the molecule is Cc1ccc(CN2CCO[C@@H]3[C@@H](COCc4cccnc4)CC[C@@H]32)o1. The number of ether oxygens (including phenoxy) is 2. The smallest absolute Gasteiger partial charge is 0.118 e. The molecule has 1 saturated carbocycles. The van der Waals surface area contributed by atoms with Gasteiger partial charge in [-0.15, -0.1) is 0 Å². The van der Waals surface area contributed by atoms with Gasteiger partial charge in [-0.05, 0) is 43.5 Å². The number of hydrogen-bond acceptors (Lipinski definition) is 5. The molecule has 25 heavy (non-hydrogen) atoms. The normalized spacial score (nSPS) is 26.7. The van der Waals surface area contributed by atoms with Crippen LogP contribution >= 0.6 is 0 Å². The average Bonchev–Trinajstić information content (AvgIpc) is 3.23. The molecule has 5 nitrogen and oxygen atoms in total. The van der Waals surface area contributed by atoms with Gasteiger partial charge in [0.15, 0.2) is 0 Å². The maximum absolute atomic E-state index is 6.13. The third-order valence-corrected chi connectivity index (χ3v) is 5.31. The number of pyridine rings is 1. The summed E-state index contributed by atoms with van der Waals surface area (Å²) in [5, 5.41) is 0. The molecule has 1 saturated heterocycles. The summed E-state index contributed by atoms with van der Waals surface area (Å²) in [6.07, 6.45) is 6.26. The third-order valence-electron chi connectivity index (χ3n) is 5.31. The first-order valence-corrected chi connectivity index (χ1v) is 9.17. The largest absolute Gasteiger partial charge is 0.465 e. The molecule has 3 atom stereocenters. The summed E-state index contributed by atoms with van der Waals surface area (Å²) in [7, 11) is 0. The molecule has 134 valence electrons. The van der Waals surface area contributed by atoms with Gasteiger partial charge in [-0.1, -0.05) is 6.07 Å². The van der Waals surface area contributed by atoms with Gasteiger partial charge in [-0.25, -0.2) is 0 Å². The molecule has 3 heterocycles. The second-order valence-corrected chi connectivity index (χ2v) is 7.10. The van der Waals surface area contributed by atoms with Crippen molar-refractivity contribution in [3.8, 4) is 0 Å². The van der Waals surface area contributed by atoms with Crippen LogP contribution < -0.4 is 0 Å². The molecule has 0 radical (unpaired) electrons. The Morgan fingerprint density at radius 1 is 1.28 bits per heavy atom. The van der Waals surface area contributed by atoms with Gasteiger partial charge in [0.1, 0.15) is 11.5 Å². The van der Waals surface area contributed by atoms with E-state index in [0.29, 0.717) is 18.6 Å². The summed E-state index contributed by atoms with van der Waals surface area (Å²) in [5.41, 5.74) is 1.12. The molecule has 1 aliphatic heterocycles. The van der Waals surface area contributed by atoms with Gasteiger partial charge in [0.2, 0.25) is 0 Å². The van der Waals surface area contributed by atoms with E-state index >= 15 is 0 Å². The van der Waals surface area contributed by atoms with Crippen molar-refractivity contribution in [3.63, 3.8) is 0 Å². The van der Waals surface area contributed by atoms with Crippen molar-refractivity contribution in [2.75, 3.05) is 19.8 Å². The van der Waals surface area contributed by atoms with Crippen LogP contribution in [0.1, 0.15) is 29.9 Å². The molecule has 5 heteroatoms. The number of hydrogen-bond donors (Lipinski definition) is 0. The average molecular weight is 342 g/mol. The molecule has 0 amide bonds. The van der Waals surface area contributed by atoms with Crippen LogP contribution in [0.4, 0.5) is 0 Å². The fourth-order valence-corrected chi connectivity index (χ4v) is 4.09. The van der Waals surface area contributed by atoms with Crippen molar-refractivity contribution in [1.29, 1.82) is 0 Å². The van der Waals surface area contributed by atoms with Crippen LogP contribution in [0, 0.1) is 12.8 Å². The van der Waals surface area contributed by atoms with Crippen LogP contribution in [-0.2, 0) is 22.6 Å². The number of aromatic nitrogens is 1. The predicted octanol–water partition coefficient (Wildman–Crippen LogP) is 3.18. The van der Waals surface area contributed by atoms with Crippen molar-refractivity contribution in [2.45, 2.75) is 45.1 Å². The van der Waals surface area contributed by atoms with E-state index in [-0.39, 0.29) is 6.10 Å². The first-order valence-electron chi connectivity index (χ1n) is 9.17. The lowest BCUT2D eigenvalue weighted by molar-refractivity contribution is -0.0904. The number of furan rings is 1. The third kappa shape index (κ3) is 3.94. The molecule has 2 aromatic rings. The highest BCUT2D eigenvalue weighted by Gasteiger charge is 2.42. The molecular weight excluding hydrogens is 316 g/mol. The van der Waals surface area contributed by atoms with E-state index in [1.54, 1.807) is 6.20 Å². The Hall–Kier alpha value is -1.69. The first kappa shape index (κ1) is 16.8. The molecule has 4 rings (SSSR count). The van der Waals surface area contributed by atoms with Crippen LogP contribution in [0.15, 0.2) is 41.1 Å². The van der Waals surface area contributed by atoms with Crippen LogP contribution in [0.25, 0.3) is 0 Å². The Labute approximate surface area is 148 Å². The van der Waals surface area contributed by atoms with E-state index in [1.165, 1.54) is 6.42 Å². The van der Waals surface area contributed by atoms with Crippen molar-refractivity contribution in [1.82, 2.24) is 9.88 Å². The Kier molecular flexibility index (Phi) is 5.15. The summed E-state index contributed by atoms with van der Waals surface area (Å²) in [5.74, 6) is 2.50. The van der Waals surface area contributed by atoms with E-state index in [9.17, 15) is 0 Å². The van der Waals surface area contributed by atoms with Crippen molar-refractivity contribution >= 4 is 0 Å². The van der Waals surface area contributed by atoms with Gasteiger partial charge in [0.05, 0.1) is 32.5 Å². The van der Waals surface area contributed by atoms with Gasteiger partial charge < -0.3 is 13.9 Å². The monoisotopic (exact) mass is 342 g/mol. The molecule has 2 aliphatic rings. The maximum atomic E-state index is 6.13. The summed E-state index contributed by atoms with van der Waals surface area (Å²) in [6.45, 7) is 6.02. The van der Waals surface area contributed by atoms with E-state index < -0.39 is 0 Å². The highest BCUT2D eigenvalue weighted by molar-refractivity contribution is 5.08. The fraction of sp³-hybridized carbons (Fsp3) is 0.550. The summed E-state index contributed by atoms with van der Waals surface area (Å²) < 4.78 is 17.8. The Morgan fingerprint density at radius 2 is 2.24 bits per heavy atom. The minimum atomic E-state index is 0.277. The zero-order valence-electron chi connectivity index (χ0n) is 14.8. The molecule has 0 N–H and O–H groups in total. The highest BCUT2D eigenvalue weighted by Crippen LogP contribution is 2.35. The number of nitrogens with zero attached hydrogens (tertiary/aromatic N) is 2. The number of fused-ring (bicyclic) bond motifs is 1. The van der Waals surface area contributed by atoms with E-state index in [0.717, 1.165) is 49.8 Å². The topological polar surface area (TPSA) is 47.7 Å². The van der Waals surface area contributed by atoms with Gasteiger partial charge in [0.25, 0.3) is 0 Å². The van der Waals surface area contributed by atoms with E-state index in [4.69, 9.17) is 13.9 Å². The van der Waals surface area contributed by atoms with E-state index in [1.807, 2.05) is 25.3 Å². The van der Waals surface area contributed by atoms with Gasteiger partial charge in [-0.3, -0.25) is 9.88 Å². The van der Waals surface area contributed by atoms with Crippen LogP contribution in [0.3, 0.4) is 0 Å². The highest BCUT2D eigenvalue weighted by atomic mass is 16.5. The molecule has 0 spiro atoms. The maximum Gasteiger partial charge on any atom is 0.118 e. The Bertz CT molecular complexity index is 673. The molecule has 1 aliphatic carbocycles. The van der Waals surface area contributed by atoms with Crippen molar-refractivity contribution in [3.05, 3.63) is 53.7 Å². The van der Waals surface area contributed by atoms with E-state index in [2.05, 4.69) is 22.0 Å². The van der Waals surface area contributed by atoms with Gasteiger partial charge >= 0.3 is 0 Å². The Morgan fingerprint density at radius 3 is 3.04 bits per heavy atom. The van der Waals surface area contributed by atoms with Crippen molar-refractivity contribution < 1.29 is 13.9 Å². The quantitative estimate of drug-likeness (QED) is 0.807. The molecule has 0 unspecified atom stereocenters. The fourth-order valence-electron chi connectivity index (χ4n) is 4.09. The van der Waals surface area contributed by atoms with Crippen LogP contribution in [0.5, 0.6) is 0 Å². The molecular formula is C20H26N2O3. The zero-order valence-corrected chi connectivity index (χ0v) is 14.8. The number of morpholine rings is 1.